The largest absolute Gasteiger partial charge is 0.207 e. The van der Waals surface area contributed by atoms with Crippen molar-refractivity contribution in [2.45, 2.75) is 12.3 Å². The monoisotopic (exact) mass is 174 g/mol. The van der Waals surface area contributed by atoms with Crippen molar-refractivity contribution in [3.05, 3.63) is 60.0 Å². The smallest absolute Gasteiger partial charge is 0.118 e. The predicted octanol–water partition coefficient (Wildman–Crippen LogP) is 3.58. The van der Waals surface area contributed by atoms with Gasteiger partial charge in [-0.2, -0.15) is 0 Å². The zero-order valence-corrected chi connectivity index (χ0v) is 7.28. The molecule has 0 saturated heterocycles. The molecule has 0 heterocycles. The number of benzene rings is 1. The Morgan fingerprint density at radius 1 is 1.15 bits per heavy atom. The average Bonchev–Trinajstić information content (AvgIpc) is 2.20. The van der Waals surface area contributed by atoms with Crippen LogP contribution in [-0.2, 0) is 0 Å². The van der Waals surface area contributed by atoms with E-state index < -0.39 is 0 Å². The Balaban J connectivity index is 2.18. The van der Waals surface area contributed by atoms with Crippen LogP contribution >= 0.6 is 0 Å². The molecule has 66 valence electrons. The van der Waals surface area contributed by atoms with Gasteiger partial charge in [0.05, 0.1) is 0 Å². The zero-order chi connectivity index (χ0) is 9.10. The van der Waals surface area contributed by atoms with Gasteiger partial charge < -0.3 is 0 Å². The van der Waals surface area contributed by atoms with Crippen molar-refractivity contribution < 1.29 is 4.39 Å². The second-order valence-corrected chi connectivity index (χ2v) is 3.20. The van der Waals surface area contributed by atoms with Crippen molar-refractivity contribution in [1.82, 2.24) is 0 Å². The van der Waals surface area contributed by atoms with Gasteiger partial charge in [0.15, 0.2) is 0 Å². The third kappa shape index (κ3) is 1.86. The lowest BCUT2D eigenvalue weighted by Gasteiger charge is -2.13. The molecule has 0 spiro atoms. The molecule has 0 bridgehead atoms. The summed E-state index contributed by atoms with van der Waals surface area (Å²) in [5.41, 5.74) is 1.25. The first-order chi connectivity index (χ1) is 6.36. The molecule has 0 amide bonds. The molecule has 1 aliphatic rings. The standard InChI is InChI=1S/C12H11F/c13-12-8-6-11(7-9-12)10-4-2-1-3-5-10/h1-6,8-9,11H,7H2/t11-/m0/s1. The summed E-state index contributed by atoms with van der Waals surface area (Å²) in [4.78, 5) is 0. The van der Waals surface area contributed by atoms with E-state index >= 15 is 0 Å². The van der Waals surface area contributed by atoms with Crippen molar-refractivity contribution in [3.8, 4) is 0 Å². The quantitative estimate of drug-likeness (QED) is 0.610. The third-order valence-corrected chi connectivity index (χ3v) is 2.28. The van der Waals surface area contributed by atoms with Crippen LogP contribution in [0, 0.1) is 0 Å². The summed E-state index contributed by atoms with van der Waals surface area (Å²) in [7, 11) is 0. The van der Waals surface area contributed by atoms with Crippen LogP contribution in [0.5, 0.6) is 0 Å². The molecule has 0 nitrogen and oxygen atoms in total. The molecule has 0 N–H and O–H groups in total. The number of hydrogen-bond acceptors (Lipinski definition) is 0. The van der Waals surface area contributed by atoms with E-state index in [0.29, 0.717) is 5.92 Å². The summed E-state index contributed by atoms with van der Waals surface area (Å²) in [6.07, 6.45) is 5.87. The molecule has 0 saturated carbocycles. The maximum Gasteiger partial charge on any atom is 0.118 e. The van der Waals surface area contributed by atoms with Gasteiger partial charge in [-0.25, -0.2) is 4.39 Å². The number of allylic oxidation sites excluding steroid dienone is 4. The van der Waals surface area contributed by atoms with Gasteiger partial charge in [-0.1, -0.05) is 36.4 Å². The molecular weight excluding hydrogens is 163 g/mol. The van der Waals surface area contributed by atoms with Crippen LogP contribution in [0.3, 0.4) is 0 Å². The van der Waals surface area contributed by atoms with Crippen LogP contribution in [0.4, 0.5) is 4.39 Å². The first-order valence-electron chi connectivity index (χ1n) is 4.45. The number of hydrogen-bond donors (Lipinski definition) is 0. The summed E-state index contributed by atoms with van der Waals surface area (Å²) >= 11 is 0. The Labute approximate surface area is 77.4 Å². The minimum absolute atomic E-state index is 0.118. The van der Waals surface area contributed by atoms with Crippen molar-refractivity contribution in [3.63, 3.8) is 0 Å². The van der Waals surface area contributed by atoms with Gasteiger partial charge in [0.25, 0.3) is 0 Å². The molecule has 1 aromatic rings. The number of halogens is 1. The SMILES string of the molecule is FC1=CC[C@@H](c2ccccc2)C=C1. The fraction of sp³-hybridized carbons (Fsp3) is 0.167. The Morgan fingerprint density at radius 2 is 1.92 bits per heavy atom. The summed E-state index contributed by atoms with van der Waals surface area (Å²) in [6.45, 7) is 0. The summed E-state index contributed by atoms with van der Waals surface area (Å²) in [5, 5.41) is 0. The van der Waals surface area contributed by atoms with E-state index in [1.54, 1.807) is 12.2 Å². The first-order valence-corrected chi connectivity index (χ1v) is 4.45. The lowest BCUT2D eigenvalue weighted by Crippen LogP contribution is -1.96. The summed E-state index contributed by atoms with van der Waals surface area (Å²) in [6, 6.07) is 10.2. The Bertz CT molecular complexity index is 335. The molecule has 0 fully saturated rings. The lowest BCUT2D eigenvalue weighted by molar-refractivity contribution is 0.643. The maximum absolute atomic E-state index is 12.6. The molecule has 2 rings (SSSR count). The van der Waals surface area contributed by atoms with Gasteiger partial charge in [0, 0.05) is 5.92 Å². The van der Waals surface area contributed by atoms with Crippen LogP contribution in [0.1, 0.15) is 17.9 Å². The molecule has 0 radical (unpaired) electrons. The van der Waals surface area contributed by atoms with Crippen LogP contribution in [0.25, 0.3) is 0 Å². The normalized spacial score (nSPS) is 21.3. The second kappa shape index (κ2) is 3.56. The van der Waals surface area contributed by atoms with Gasteiger partial charge >= 0.3 is 0 Å². The third-order valence-electron chi connectivity index (χ3n) is 2.28. The van der Waals surface area contributed by atoms with Crippen molar-refractivity contribution in [1.29, 1.82) is 0 Å². The Hall–Kier alpha value is -1.37. The fourth-order valence-electron chi connectivity index (χ4n) is 1.54. The maximum atomic E-state index is 12.6. The molecule has 0 unspecified atom stereocenters. The van der Waals surface area contributed by atoms with E-state index in [9.17, 15) is 4.39 Å². The highest BCUT2D eigenvalue weighted by molar-refractivity contribution is 5.30. The second-order valence-electron chi connectivity index (χ2n) is 3.20. The highest BCUT2D eigenvalue weighted by Crippen LogP contribution is 2.26. The van der Waals surface area contributed by atoms with E-state index in [2.05, 4.69) is 12.1 Å². The van der Waals surface area contributed by atoms with Crippen molar-refractivity contribution >= 4 is 0 Å². The molecule has 0 aliphatic heterocycles. The average molecular weight is 174 g/mol. The van der Waals surface area contributed by atoms with E-state index in [0.717, 1.165) is 6.42 Å². The molecule has 1 aliphatic carbocycles. The Kier molecular flexibility index (Phi) is 2.26. The van der Waals surface area contributed by atoms with E-state index in [1.165, 1.54) is 5.56 Å². The fourth-order valence-corrected chi connectivity index (χ4v) is 1.54. The van der Waals surface area contributed by atoms with Crippen LogP contribution in [0.15, 0.2) is 54.4 Å². The molecule has 1 atom stereocenters. The van der Waals surface area contributed by atoms with Crippen molar-refractivity contribution in [2.75, 3.05) is 0 Å². The van der Waals surface area contributed by atoms with E-state index in [-0.39, 0.29) is 5.83 Å². The molecule has 0 aromatic heterocycles. The predicted molar refractivity (Wildman–Crippen MR) is 52.1 cm³/mol. The summed E-state index contributed by atoms with van der Waals surface area (Å²) in [5.74, 6) is 0.230. The minimum atomic E-state index is -0.118. The van der Waals surface area contributed by atoms with Crippen LogP contribution in [-0.4, -0.2) is 0 Å². The van der Waals surface area contributed by atoms with Crippen LogP contribution in [0.2, 0.25) is 0 Å². The zero-order valence-electron chi connectivity index (χ0n) is 7.28. The first kappa shape index (κ1) is 8.24. The Morgan fingerprint density at radius 3 is 2.54 bits per heavy atom. The van der Waals surface area contributed by atoms with Gasteiger partial charge in [-0.3, -0.25) is 0 Å². The van der Waals surface area contributed by atoms with Gasteiger partial charge in [-0.05, 0) is 24.1 Å². The van der Waals surface area contributed by atoms with E-state index in [1.807, 2.05) is 24.3 Å². The summed E-state index contributed by atoms with van der Waals surface area (Å²) < 4.78 is 12.6. The molecule has 1 heteroatoms. The van der Waals surface area contributed by atoms with Crippen molar-refractivity contribution in [2.24, 2.45) is 0 Å². The molecule has 13 heavy (non-hydrogen) atoms. The molecule has 1 aromatic carbocycles. The lowest BCUT2D eigenvalue weighted by atomic mass is 9.92. The number of rotatable bonds is 1. The minimum Gasteiger partial charge on any atom is -0.207 e. The van der Waals surface area contributed by atoms with E-state index in [4.69, 9.17) is 0 Å². The van der Waals surface area contributed by atoms with Crippen LogP contribution < -0.4 is 0 Å². The molecular formula is C12H11F. The highest BCUT2D eigenvalue weighted by Gasteiger charge is 2.09. The topological polar surface area (TPSA) is 0 Å². The van der Waals surface area contributed by atoms with Gasteiger partial charge in [0.2, 0.25) is 0 Å². The van der Waals surface area contributed by atoms with Gasteiger partial charge in [-0.15, -0.1) is 0 Å². The van der Waals surface area contributed by atoms with Gasteiger partial charge in [0.1, 0.15) is 5.83 Å². The highest BCUT2D eigenvalue weighted by atomic mass is 19.1.